The summed E-state index contributed by atoms with van der Waals surface area (Å²) in [5, 5.41) is 7.38. The zero-order valence-corrected chi connectivity index (χ0v) is 21.9. The molecule has 0 bridgehead atoms. The van der Waals surface area contributed by atoms with Gasteiger partial charge < -0.3 is 14.8 Å². The Morgan fingerprint density at radius 1 is 1.17 bits per heavy atom. The van der Waals surface area contributed by atoms with Gasteiger partial charge in [-0.2, -0.15) is 5.10 Å². The summed E-state index contributed by atoms with van der Waals surface area (Å²) >= 11 is 0. The third-order valence-electron chi connectivity index (χ3n) is 6.03. The van der Waals surface area contributed by atoms with E-state index in [0.29, 0.717) is 24.6 Å². The maximum Gasteiger partial charge on any atom is 0.407 e. The summed E-state index contributed by atoms with van der Waals surface area (Å²) < 4.78 is 13.0. The normalized spacial score (nSPS) is 14.4. The fraction of sp³-hybridized carbons (Fsp3) is 0.414. The van der Waals surface area contributed by atoms with Crippen molar-refractivity contribution in [3.05, 3.63) is 66.4 Å². The van der Waals surface area contributed by atoms with Gasteiger partial charge in [0.25, 0.3) is 0 Å². The largest absolute Gasteiger partial charge is 0.492 e. The first-order valence-electron chi connectivity index (χ1n) is 12.6. The Balaban J connectivity index is 1.70. The van der Waals surface area contributed by atoms with Crippen LogP contribution in [-0.2, 0) is 4.74 Å². The van der Waals surface area contributed by atoms with Gasteiger partial charge in [-0.25, -0.2) is 9.48 Å². The molecule has 1 aromatic heterocycles. The minimum absolute atomic E-state index is 0.100. The highest BCUT2D eigenvalue weighted by Crippen LogP contribution is 2.34. The van der Waals surface area contributed by atoms with Crippen molar-refractivity contribution in [1.82, 2.24) is 15.1 Å². The predicted molar refractivity (Wildman–Crippen MR) is 143 cm³/mol. The number of alkyl carbamates (subject to hydrolysis) is 1. The Bertz CT molecular complexity index is 1140. The Kier molecular flexibility index (Phi) is 9.28. The van der Waals surface area contributed by atoms with Crippen LogP contribution in [-0.4, -0.2) is 40.4 Å². The van der Waals surface area contributed by atoms with Gasteiger partial charge in [-0.05, 0) is 83.4 Å². The Morgan fingerprint density at radius 2 is 1.89 bits per heavy atom. The number of allylic oxidation sites excluding steroid dienone is 6. The molecule has 1 saturated carbocycles. The van der Waals surface area contributed by atoms with Gasteiger partial charge in [-0.15, -0.1) is 0 Å². The molecule has 0 radical (unpaired) electrons. The van der Waals surface area contributed by atoms with E-state index in [-0.39, 0.29) is 11.7 Å². The molecule has 3 rings (SSSR count). The quantitative estimate of drug-likeness (QED) is 0.210. The van der Waals surface area contributed by atoms with Crippen LogP contribution in [0.1, 0.15) is 64.4 Å². The predicted octanol–water partition coefficient (Wildman–Crippen LogP) is 6.43. The van der Waals surface area contributed by atoms with Crippen LogP contribution in [0.2, 0.25) is 0 Å². The van der Waals surface area contributed by atoms with Crippen molar-refractivity contribution in [3.63, 3.8) is 0 Å². The SMILES string of the molecule is C\C=C/C=C\C(=C/C)n1nc(C(=O)C2CC2)cc1-c1ccc(OCCNC(=O)OC(C)(C)CC)cc1. The minimum atomic E-state index is -0.494. The number of benzene rings is 1. The van der Waals surface area contributed by atoms with E-state index in [9.17, 15) is 9.59 Å². The van der Waals surface area contributed by atoms with Crippen molar-refractivity contribution in [2.45, 2.75) is 59.5 Å². The molecule has 1 heterocycles. The number of rotatable bonds is 12. The molecule has 1 aliphatic carbocycles. The molecule has 0 unspecified atom stereocenters. The number of hydrogen-bond donors (Lipinski definition) is 1. The summed E-state index contributed by atoms with van der Waals surface area (Å²) in [7, 11) is 0. The zero-order valence-electron chi connectivity index (χ0n) is 21.9. The van der Waals surface area contributed by atoms with Crippen LogP contribution >= 0.6 is 0 Å². The number of hydrogen-bond acceptors (Lipinski definition) is 5. The van der Waals surface area contributed by atoms with Gasteiger partial charge in [0.05, 0.1) is 17.9 Å². The van der Waals surface area contributed by atoms with Crippen molar-refractivity contribution in [1.29, 1.82) is 0 Å². The number of nitrogens with zero attached hydrogens (tertiary/aromatic N) is 2. The van der Waals surface area contributed by atoms with Gasteiger partial charge in [0.2, 0.25) is 0 Å². The second-order valence-electron chi connectivity index (χ2n) is 9.37. The summed E-state index contributed by atoms with van der Waals surface area (Å²) in [5.41, 5.74) is 2.64. The highest BCUT2D eigenvalue weighted by atomic mass is 16.6. The van der Waals surface area contributed by atoms with Crippen LogP contribution in [0, 0.1) is 5.92 Å². The molecule has 2 aromatic rings. The van der Waals surface area contributed by atoms with E-state index >= 15 is 0 Å². The third-order valence-corrected chi connectivity index (χ3v) is 6.03. The Labute approximate surface area is 213 Å². The average molecular weight is 492 g/mol. The minimum Gasteiger partial charge on any atom is -0.492 e. The van der Waals surface area contributed by atoms with Crippen molar-refractivity contribution in [2.24, 2.45) is 5.92 Å². The third kappa shape index (κ3) is 7.44. The molecule has 0 saturated heterocycles. The van der Waals surface area contributed by atoms with E-state index < -0.39 is 11.7 Å². The molecule has 1 N–H and O–H groups in total. The van der Waals surface area contributed by atoms with Gasteiger partial charge >= 0.3 is 6.09 Å². The highest BCUT2D eigenvalue weighted by molar-refractivity contribution is 5.98. The van der Waals surface area contributed by atoms with Gasteiger partial charge in [0, 0.05) is 11.5 Å². The van der Waals surface area contributed by atoms with E-state index in [1.165, 1.54) is 0 Å². The van der Waals surface area contributed by atoms with E-state index in [1.807, 2.05) is 100 Å². The number of carbonyl (C=O) groups excluding carboxylic acids is 2. The number of Topliss-reactive ketones (excluding diaryl/α,β-unsaturated/α-hetero) is 1. The number of amides is 1. The zero-order chi connectivity index (χ0) is 26.1. The molecule has 0 spiro atoms. The molecular weight excluding hydrogens is 454 g/mol. The molecule has 0 atom stereocenters. The van der Waals surface area contributed by atoms with E-state index in [1.54, 1.807) is 0 Å². The number of ketones is 1. The molecule has 1 fully saturated rings. The van der Waals surface area contributed by atoms with Crippen LogP contribution in [0.25, 0.3) is 17.0 Å². The lowest BCUT2D eigenvalue weighted by Gasteiger charge is -2.23. The second-order valence-corrected chi connectivity index (χ2v) is 9.37. The van der Waals surface area contributed by atoms with Gasteiger partial charge in [0.15, 0.2) is 5.78 Å². The van der Waals surface area contributed by atoms with Crippen LogP contribution < -0.4 is 10.1 Å². The summed E-state index contributed by atoms with van der Waals surface area (Å²) in [4.78, 5) is 24.6. The number of aromatic nitrogens is 2. The number of carbonyl (C=O) groups is 2. The van der Waals surface area contributed by atoms with Crippen molar-refractivity contribution in [3.8, 4) is 17.0 Å². The van der Waals surface area contributed by atoms with Gasteiger partial charge in [0.1, 0.15) is 23.7 Å². The van der Waals surface area contributed by atoms with E-state index in [2.05, 4.69) is 10.4 Å². The summed E-state index contributed by atoms with van der Waals surface area (Å²) in [5.74, 6) is 0.891. The molecule has 36 heavy (non-hydrogen) atoms. The van der Waals surface area contributed by atoms with Gasteiger partial charge in [-0.3, -0.25) is 4.79 Å². The van der Waals surface area contributed by atoms with Crippen molar-refractivity contribution in [2.75, 3.05) is 13.2 Å². The summed E-state index contributed by atoms with van der Waals surface area (Å²) in [6.07, 6.45) is 12.0. The first-order chi connectivity index (χ1) is 17.3. The van der Waals surface area contributed by atoms with Crippen molar-refractivity contribution < 1.29 is 19.1 Å². The first-order valence-corrected chi connectivity index (χ1v) is 12.6. The molecule has 1 amide bonds. The number of ether oxygens (including phenoxy) is 2. The molecular formula is C29H37N3O4. The van der Waals surface area contributed by atoms with Crippen LogP contribution in [0.15, 0.2) is 60.7 Å². The second kappa shape index (κ2) is 12.4. The van der Waals surface area contributed by atoms with E-state index in [0.717, 1.165) is 36.2 Å². The molecule has 1 aliphatic rings. The average Bonchev–Trinajstić information content (AvgIpc) is 3.63. The van der Waals surface area contributed by atoms with Crippen LogP contribution in [0.5, 0.6) is 5.75 Å². The summed E-state index contributed by atoms with van der Waals surface area (Å²) in [6, 6.07) is 9.51. The molecule has 7 nitrogen and oxygen atoms in total. The molecule has 0 aliphatic heterocycles. The number of nitrogens with one attached hydrogen (secondary N) is 1. The van der Waals surface area contributed by atoms with E-state index in [4.69, 9.17) is 9.47 Å². The maximum atomic E-state index is 12.7. The summed E-state index contributed by atoms with van der Waals surface area (Å²) in [6.45, 7) is 10.3. The monoisotopic (exact) mass is 491 g/mol. The topological polar surface area (TPSA) is 82.5 Å². The lowest BCUT2D eigenvalue weighted by Crippen LogP contribution is -2.36. The fourth-order valence-corrected chi connectivity index (χ4v) is 3.42. The van der Waals surface area contributed by atoms with Crippen LogP contribution in [0.4, 0.5) is 4.79 Å². The highest BCUT2D eigenvalue weighted by Gasteiger charge is 2.32. The fourth-order valence-electron chi connectivity index (χ4n) is 3.42. The lowest BCUT2D eigenvalue weighted by molar-refractivity contribution is 0.0357. The smallest absolute Gasteiger partial charge is 0.407 e. The molecule has 192 valence electrons. The lowest BCUT2D eigenvalue weighted by atomic mass is 10.1. The Hall–Kier alpha value is -3.61. The van der Waals surface area contributed by atoms with Crippen LogP contribution in [0.3, 0.4) is 0 Å². The molecule has 7 heteroatoms. The maximum absolute atomic E-state index is 12.7. The van der Waals surface area contributed by atoms with Crippen molar-refractivity contribution >= 4 is 17.6 Å². The van der Waals surface area contributed by atoms with Gasteiger partial charge in [-0.1, -0.05) is 31.2 Å². The molecule has 1 aromatic carbocycles. The standard InChI is InChI=1S/C29H37N3O4/c1-6-9-10-11-23(7-2)32-26(20-25(31-32)27(33)22-12-13-22)21-14-16-24(17-15-21)35-19-18-30-28(34)36-29(4,5)8-3/h6-7,9-11,14-17,20,22H,8,12-13,18-19H2,1-5H3,(H,30,34)/b9-6-,11-10-,23-7+. The first kappa shape index (κ1) is 27.0. The Morgan fingerprint density at radius 3 is 2.50 bits per heavy atom.